The zero-order chi connectivity index (χ0) is 18.4. The van der Waals surface area contributed by atoms with Crippen LogP contribution in [0.2, 0.25) is 0 Å². The summed E-state index contributed by atoms with van der Waals surface area (Å²) < 4.78 is 35.6. The largest absolute Gasteiger partial charge is 1.00 e. The summed E-state index contributed by atoms with van der Waals surface area (Å²) in [5.41, 5.74) is 0. The summed E-state index contributed by atoms with van der Waals surface area (Å²) in [6.07, 6.45) is 10.1. The molecule has 0 aliphatic rings. The predicted molar refractivity (Wildman–Crippen MR) is 91.5 cm³/mol. The van der Waals surface area contributed by atoms with Crippen LogP contribution in [-0.4, -0.2) is 41.9 Å². The maximum absolute atomic E-state index is 11.6. The monoisotopic (exact) mass is 406 g/mol. The average Bonchev–Trinajstić information content (AvgIpc) is 2.48. The zero-order valence-corrected chi connectivity index (χ0v) is 19.3. The number of carboxylic acid groups (broad SMARTS) is 1. The molecule has 0 bridgehead atoms. The molecule has 0 saturated carbocycles. The van der Waals surface area contributed by atoms with Crippen LogP contribution in [0.5, 0.6) is 0 Å². The molecule has 144 valence electrons. The van der Waals surface area contributed by atoms with Gasteiger partial charge >= 0.3 is 63.3 Å². The molecule has 7 nitrogen and oxygen atoms in total. The van der Waals surface area contributed by atoms with E-state index in [0.29, 0.717) is 6.42 Å². The average molecular weight is 407 g/mol. The molecule has 1 atom stereocenters. The van der Waals surface area contributed by atoms with E-state index in [4.69, 9.17) is 14.4 Å². The van der Waals surface area contributed by atoms with Crippen LogP contribution in [0.3, 0.4) is 0 Å². The molecule has 1 unspecified atom stereocenters. The van der Waals surface area contributed by atoms with Gasteiger partial charge in [0.15, 0.2) is 5.25 Å². The number of hydrogen-bond acceptors (Lipinski definition) is 5. The molecule has 0 amide bonds. The number of rotatable bonds is 15. The van der Waals surface area contributed by atoms with Crippen LogP contribution in [0.15, 0.2) is 0 Å². The number of carboxylic acids is 1. The smallest absolute Gasteiger partial charge is 1.00 e. The first kappa shape index (κ1) is 27.7. The Morgan fingerprint density at radius 3 is 1.80 bits per heavy atom. The molecule has 0 aliphatic carbocycles. The Hall–Kier alpha value is 0.486. The predicted octanol–water partition coefficient (Wildman–Crippen LogP) is 0.298. The molecule has 9 heteroatoms. The molecular weight excluding hydrogens is 375 g/mol. The van der Waals surface area contributed by atoms with Crippen LogP contribution in [0.1, 0.15) is 79.0 Å². The summed E-state index contributed by atoms with van der Waals surface area (Å²) in [6, 6.07) is 0. The summed E-state index contributed by atoms with van der Waals surface area (Å²) in [6.45, 7) is 2.22. The van der Waals surface area contributed by atoms with E-state index in [2.05, 4.69) is 6.92 Å². The third-order valence-corrected chi connectivity index (χ3v) is 4.80. The summed E-state index contributed by atoms with van der Waals surface area (Å²) in [4.78, 5) is 22.1. The molecule has 0 rings (SSSR count). The topological polar surface area (TPSA) is 118 Å². The van der Waals surface area contributed by atoms with E-state index in [1.807, 2.05) is 0 Å². The maximum atomic E-state index is 11.6. The van der Waals surface area contributed by atoms with Crippen LogP contribution >= 0.6 is 0 Å². The van der Waals surface area contributed by atoms with E-state index in [0.717, 1.165) is 19.3 Å². The van der Waals surface area contributed by atoms with Crippen LogP contribution in [0, 0.1) is 0 Å². The molecule has 0 aromatic heterocycles. The Kier molecular flexibility index (Phi) is 18.4. The Morgan fingerprint density at radius 1 is 0.960 bits per heavy atom. The van der Waals surface area contributed by atoms with E-state index in [1.165, 1.54) is 38.5 Å². The first-order valence-electron chi connectivity index (χ1n) is 8.63. The van der Waals surface area contributed by atoms with Gasteiger partial charge in [0.1, 0.15) is 0 Å². The van der Waals surface area contributed by atoms with E-state index in [1.54, 1.807) is 0 Å². The molecule has 0 saturated heterocycles. The summed E-state index contributed by atoms with van der Waals surface area (Å²) in [7, 11) is -4.78. The number of hydrogen-bond donors (Lipinski definition) is 2. The quantitative estimate of drug-likeness (QED) is 0.174. The normalized spacial score (nSPS) is 12.2. The molecule has 0 aliphatic heterocycles. The van der Waals surface area contributed by atoms with Gasteiger partial charge in [0, 0.05) is 0 Å². The van der Waals surface area contributed by atoms with Crippen molar-refractivity contribution in [2.45, 2.75) is 82.8 Å². The number of carbonyl (C=O) groups is 2. The van der Waals surface area contributed by atoms with Gasteiger partial charge in [-0.2, -0.15) is 8.42 Å². The summed E-state index contributed by atoms with van der Waals surface area (Å²) >= 11 is 0. The Labute approximate surface area is 194 Å². The van der Waals surface area contributed by atoms with Crippen molar-refractivity contribution in [1.29, 1.82) is 0 Å². The van der Waals surface area contributed by atoms with Crippen molar-refractivity contribution < 1.29 is 85.2 Å². The van der Waals surface area contributed by atoms with Gasteiger partial charge in [0.05, 0.1) is 13.0 Å². The molecule has 0 radical (unpaired) electrons. The fourth-order valence-corrected chi connectivity index (χ4v) is 2.99. The van der Waals surface area contributed by atoms with Crippen molar-refractivity contribution in [2.75, 3.05) is 6.61 Å². The third-order valence-electron chi connectivity index (χ3n) is 3.72. The molecular formula is C16H31KO7S. The summed E-state index contributed by atoms with van der Waals surface area (Å²) in [5, 5.41) is 6.52. The molecule has 0 heterocycles. The van der Waals surface area contributed by atoms with Gasteiger partial charge in [0.2, 0.25) is 0 Å². The number of unbranched alkanes of at least 4 members (excludes halogenated alkanes) is 9. The van der Waals surface area contributed by atoms with Gasteiger partial charge in [-0.3, -0.25) is 14.1 Å². The van der Waals surface area contributed by atoms with Gasteiger partial charge in [-0.25, -0.2) is 0 Å². The van der Waals surface area contributed by atoms with Crippen molar-refractivity contribution in [1.82, 2.24) is 0 Å². The second-order valence-electron chi connectivity index (χ2n) is 5.95. The zero-order valence-electron chi connectivity index (χ0n) is 16.4. The molecule has 0 aromatic carbocycles. The maximum Gasteiger partial charge on any atom is 1.00 e. The fourth-order valence-electron chi connectivity index (χ4n) is 2.32. The summed E-state index contributed by atoms with van der Waals surface area (Å²) in [5.74, 6) is -2.70. The standard InChI is InChI=1S/C16H30O7S.K.H/c1-2-3-4-5-6-7-8-9-10-11-12-23-16(19)14(13-15(17)18)24(20,21)22;;/h14H,2-13H2,1H3,(H,17,18)(H,20,21,22);;/q;+1;-1. The van der Waals surface area contributed by atoms with Crippen LogP contribution in [0.4, 0.5) is 0 Å². The van der Waals surface area contributed by atoms with Gasteiger partial charge < -0.3 is 11.3 Å². The van der Waals surface area contributed by atoms with Crippen molar-refractivity contribution in [2.24, 2.45) is 0 Å². The minimum atomic E-state index is -4.78. The van der Waals surface area contributed by atoms with E-state index < -0.39 is 33.7 Å². The Balaban J connectivity index is -0.00000264. The first-order valence-corrected chi connectivity index (χ1v) is 10.1. The van der Waals surface area contributed by atoms with Crippen LogP contribution in [0.25, 0.3) is 0 Å². The van der Waals surface area contributed by atoms with Gasteiger partial charge in [-0.1, -0.05) is 64.7 Å². The number of ether oxygens (including phenoxy) is 1. The van der Waals surface area contributed by atoms with Crippen molar-refractivity contribution in [3.05, 3.63) is 0 Å². The number of aliphatic carboxylic acids is 1. The first-order chi connectivity index (χ1) is 11.3. The van der Waals surface area contributed by atoms with Crippen molar-refractivity contribution >= 4 is 22.1 Å². The number of carbonyl (C=O) groups excluding carboxylic acids is 1. The van der Waals surface area contributed by atoms with Crippen LogP contribution < -0.4 is 51.4 Å². The molecule has 0 aromatic rings. The molecule has 0 spiro atoms. The van der Waals surface area contributed by atoms with Crippen LogP contribution in [-0.2, 0) is 24.4 Å². The van der Waals surface area contributed by atoms with Gasteiger partial charge in [0.25, 0.3) is 10.1 Å². The van der Waals surface area contributed by atoms with Gasteiger partial charge in [-0.15, -0.1) is 0 Å². The van der Waals surface area contributed by atoms with E-state index in [9.17, 15) is 18.0 Å². The van der Waals surface area contributed by atoms with Crippen molar-refractivity contribution in [3.8, 4) is 0 Å². The third kappa shape index (κ3) is 16.4. The fraction of sp³-hybridized carbons (Fsp3) is 0.875. The molecule has 25 heavy (non-hydrogen) atoms. The van der Waals surface area contributed by atoms with E-state index in [-0.39, 0.29) is 59.4 Å². The van der Waals surface area contributed by atoms with Crippen molar-refractivity contribution in [3.63, 3.8) is 0 Å². The molecule has 0 fully saturated rings. The SMILES string of the molecule is CCCCCCCCCCCCOC(=O)C(CC(=O)O)S(=O)(=O)O.[H-].[K+]. The second kappa shape index (κ2) is 16.6. The Morgan fingerprint density at radius 2 is 1.40 bits per heavy atom. The minimum absolute atomic E-state index is 0. The minimum Gasteiger partial charge on any atom is -1.00 e. The second-order valence-corrected chi connectivity index (χ2v) is 7.55. The van der Waals surface area contributed by atoms with E-state index >= 15 is 0 Å². The number of esters is 1. The Bertz CT molecular complexity index is 471. The molecule has 2 N–H and O–H groups in total. The van der Waals surface area contributed by atoms with Gasteiger partial charge in [-0.05, 0) is 6.42 Å².